The van der Waals surface area contributed by atoms with E-state index in [4.69, 9.17) is 17.3 Å². The van der Waals surface area contributed by atoms with Gasteiger partial charge >= 0.3 is 6.18 Å². The lowest BCUT2D eigenvalue weighted by Gasteiger charge is -2.14. The Kier molecular flexibility index (Phi) is 4.29. The van der Waals surface area contributed by atoms with Gasteiger partial charge < -0.3 is 11.1 Å². The molecule has 0 bridgehead atoms. The zero-order valence-electron chi connectivity index (χ0n) is 10.1. The number of nitrogens with one attached hydrogen (secondary N) is 1. The van der Waals surface area contributed by atoms with Crippen LogP contribution in [-0.2, 0) is 6.18 Å². The van der Waals surface area contributed by atoms with E-state index >= 15 is 0 Å². The van der Waals surface area contributed by atoms with Gasteiger partial charge in [-0.3, -0.25) is 0 Å². The van der Waals surface area contributed by atoms with E-state index in [2.05, 4.69) is 26.2 Å². The van der Waals surface area contributed by atoms with Crippen LogP contribution in [-0.4, -0.2) is 4.98 Å². The van der Waals surface area contributed by atoms with Gasteiger partial charge in [-0.25, -0.2) is 9.37 Å². The quantitative estimate of drug-likeness (QED) is 0.718. The number of anilines is 3. The summed E-state index contributed by atoms with van der Waals surface area (Å²) in [6.07, 6.45) is -3.72. The Morgan fingerprint density at radius 2 is 1.90 bits per heavy atom. The molecule has 0 aliphatic carbocycles. The van der Waals surface area contributed by atoms with Crippen LogP contribution in [0.3, 0.4) is 0 Å². The topological polar surface area (TPSA) is 50.9 Å². The lowest BCUT2D eigenvalue weighted by Crippen LogP contribution is -2.09. The number of alkyl halides is 3. The van der Waals surface area contributed by atoms with E-state index in [9.17, 15) is 17.6 Å². The number of rotatable bonds is 2. The number of hydrogen-bond acceptors (Lipinski definition) is 3. The van der Waals surface area contributed by atoms with Gasteiger partial charge in [-0.1, -0.05) is 11.6 Å². The minimum atomic E-state index is -4.60. The second kappa shape index (κ2) is 5.69. The second-order valence-electron chi connectivity index (χ2n) is 4.02. The number of aromatic nitrogens is 1. The van der Waals surface area contributed by atoms with Crippen molar-refractivity contribution in [3.05, 3.63) is 45.4 Å². The van der Waals surface area contributed by atoms with Crippen molar-refractivity contribution < 1.29 is 17.6 Å². The smallest absolute Gasteiger partial charge is 0.396 e. The lowest BCUT2D eigenvalue weighted by molar-refractivity contribution is -0.141. The first-order valence-electron chi connectivity index (χ1n) is 5.43. The molecule has 0 saturated carbocycles. The normalized spacial score (nSPS) is 11.5. The predicted octanol–water partition coefficient (Wildman–Crippen LogP) is 4.98. The van der Waals surface area contributed by atoms with Gasteiger partial charge in [0.05, 0.1) is 28.3 Å². The summed E-state index contributed by atoms with van der Waals surface area (Å²) in [7, 11) is 0. The largest absolute Gasteiger partial charge is 0.433 e. The van der Waals surface area contributed by atoms with Crippen LogP contribution in [0, 0.1) is 5.82 Å². The molecule has 0 atom stereocenters. The SMILES string of the molecule is Nc1cnc(C(F)(F)F)cc1Nc1c(Cl)cc(F)cc1Br. The Hall–Kier alpha value is -1.54. The number of pyridine rings is 1. The van der Waals surface area contributed by atoms with Gasteiger partial charge in [0.25, 0.3) is 0 Å². The zero-order chi connectivity index (χ0) is 15.8. The molecule has 1 aromatic carbocycles. The fraction of sp³-hybridized carbons (Fsp3) is 0.0833. The molecule has 9 heteroatoms. The van der Waals surface area contributed by atoms with Crippen molar-refractivity contribution in [2.75, 3.05) is 11.1 Å². The van der Waals surface area contributed by atoms with E-state index in [0.717, 1.165) is 24.4 Å². The standard InChI is InChI=1S/C12H7BrClF4N3/c13-6-1-5(15)2-7(14)11(6)21-9-3-10(12(16,17)18)20-4-8(9)19/h1-4H,19H2,(H,20,21). The van der Waals surface area contributed by atoms with Gasteiger partial charge in [0.2, 0.25) is 0 Å². The third kappa shape index (κ3) is 3.56. The molecule has 3 N–H and O–H groups in total. The van der Waals surface area contributed by atoms with Crippen molar-refractivity contribution in [2.24, 2.45) is 0 Å². The summed E-state index contributed by atoms with van der Waals surface area (Å²) < 4.78 is 51.3. The van der Waals surface area contributed by atoms with Crippen LogP contribution in [0.1, 0.15) is 5.69 Å². The lowest BCUT2D eigenvalue weighted by atomic mass is 10.2. The summed E-state index contributed by atoms with van der Waals surface area (Å²) in [5, 5.41) is 2.63. The van der Waals surface area contributed by atoms with Crippen molar-refractivity contribution in [1.82, 2.24) is 4.98 Å². The van der Waals surface area contributed by atoms with E-state index in [1.165, 1.54) is 0 Å². The van der Waals surface area contributed by atoms with Gasteiger partial charge in [0.1, 0.15) is 11.5 Å². The van der Waals surface area contributed by atoms with E-state index in [1.54, 1.807) is 0 Å². The van der Waals surface area contributed by atoms with Crippen LogP contribution >= 0.6 is 27.5 Å². The van der Waals surface area contributed by atoms with E-state index in [-0.39, 0.29) is 26.6 Å². The van der Waals surface area contributed by atoms with Crippen LogP contribution in [0.2, 0.25) is 5.02 Å². The van der Waals surface area contributed by atoms with Gasteiger partial charge in [-0.15, -0.1) is 0 Å². The molecule has 1 aromatic heterocycles. The van der Waals surface area contributed by atoms with Crippen molar-refractivity contribution >= 4 is 44.6 Å². The van der Waals surface area contributed by atoms with Crippen LogP contribution < -0.4 is 11.1 Å². The molecular weight excluding hydrogens is 378 g/mol. The van der Waals surface area contributed by atoms with Gasteiger partial charge in [-0.05, 0) is 34.1 Å². The van der Waals surface area contributed by atoms with E-state index < -0.39 is 17.7 Å². The maximum Gasteiger partial charge on any atom is 0.433 e. The third-order valence-corrected chi connectivity index (χ3v) is 3.42. The van der Waals surface area contributed by atoms with Crippen LogP contribution in [0.15, 0.2) is 28.9 Å². The average molecular weight is 385 g/mol. The molecule has 0 unspecified atom stereocenters. The average Bonchev–Trinajstić information content (AvgIpc) is 2.34. The summed E-state index contributed by atoms with van der Waals surface area (Å²) in [5.74, 6) is -0.587. The Morgan fingerprint density at radius 1 is 1.24 bits per heavy atom. The molecule has 0 fully saturated rings. The number of benzene rings is 1. The molecule has 0 amide bonds. The Balaban J connectivity index is 2.45. The fourth-order valence-electron chi connectivity index (χ4n) is 1.53. The summed E-state index contributed by atoms with van der Waals surface area (Å²) >= 11 is 8.93. The van der Waals surface area contributed by atoms with Crippen molar-refractivity contribution in [3.63, 3.8) is 0 Å². The molecule has 0 spiro atoms. The molecule has 0 aliphatic heterocycles. The van der Waals surface area contributed by atoms with Gasteiger partial charge in [0, 0.05) is 4.47 Å². The molecule has 0 saturated heterocycles. The van der Waals surface area contributed by atoms with Crippen LogP contribution in [0.4, 0.5) is 34.6 Å². The number of nitrogens with zero attached hydrogens (tertiary/aromatic N) is 1. The minimum absolute atomic E-state index is 0.00436. The zero-order valence-corrected chi connectivity index (χ0v) is 12.4. The van der Waals surface area contributed by atoms with E-state index in [1.807, 2.05) is 0 Å². The molecule has 3 nitrogen and oxygen atoms in total. The maximum absolute atomic E-state index is 13.1. The highest BCUT2D eigenvalue weighted by atomic mass is 79.9. The summed E-state index contributed by atoms with van der Waals surface area (Å²) in [5.41, 5.74) is 4.64. The molecule has 0 aliphatic rings. The number of hydrogen-bond donors (Lipinski definition) is 2. The Bertz CT molecular complexity index is 668. The van der Waals surface area contributed by atoms with E-state index in [0.29, 0.717) is 0 Å². The molecule has 112 valence electrons. The molecule has 21 heavy (non-hydrogen) atoms. The fourth-order valence-corrected chi connectivity index (χ4v) is 2.42. The Morgan fingerprint density at radius 3 is 2.48 bits per heavy atom. The van der Waals surface area contributed by atoms with Crippen molar-refractivity contribution in [1.29, 1.82) is 0 Å². The van der Waals surface area contributed by atoms with Gasteiger partial charge in [0.15, 0.2) is 0 Å². The van der Waals surface area contributed by atoms with Crippen LogP contribution in [0.25, 0.3) is 0 Å². The maximum atomic E-state index is 13.1. The first kappa shape index (κ1) is 15.8. The molecule has 0 radical (unpaired) electrons. The molecule has 1 heterocycles. The molecule has 2 aromatic rings. The second-order valence-corrected chi connectivity index (χ2v) is 5.29. The first-order valence-corrected chi connectivity index (χ1v) is 6.60. The van der Waals surface area contributed by atoms with Crippen molar-refractivity contribution in [2.45, 2.75) is 6.18 Å². The predicted molar refractivity (Wildman–Crippen MR) is 76.0 cm³/mol. The number of nitrogens with two attached hydrogens (primary N) is 1. The highest BCUT2D eigenvalue weighted by Gasteiger charge is 2.33. The Labute approximate surface area is 130 Å². The summed E-state index contributed by atoms with van der Waals surface area (Å²) in [6, 6.07) is 2.90. The first-order chi connectivity index (χ1) is 9.68. The molecule has 2 rings (SSSR count). The monoisotopic (exact) mass is 383 g/mol. The highest BCUT2D eigenvalue weighted by Crippen LogP contribution is 2.37. The summed E-state index contributed by atoms with van der Waals surface area (Å²) in [6.45, 7) is 0. The number of halogens is 6. The highest BCUT2D eigenvalue weighted by molar-refractivity contribution is 9.10. The van der Waals surface area contributed by atoms with Gasteiger partial charge in [-0.2, -0.15) is 13.2 Å². The number of nitrogen functional groups attached to an aromatic ring is 1. The molecular formula is C12H7BrClF4N3. The van der Waals surface area contributed by atoms with Crippen LogP contribution in [0.5, 0.6) is 0 Å². The van der Waals surface area contributed by atoms with Crippen molar-refractivity contribution in [3.8, 4) is 0 Å². The minimum Gasteiger partial charge on any atom is -0.396 e. The summed E-state index contributed by atoms with van der Waals surface area (Å²) in [4.78, 5) is 3.22. The third-order valence-electron chi connectivity index (χ3n) is 2.49.